The van der Waals surface area contributed by atoms with Crippen molar-refractivity contribution in [2.24, 2.45) is 0 Å². The smallest absolute Gasteiger partial charge is 0.292 e. The molecule has 4 rings (SSSR count). The maximum atomic E-state index is 12.6. The Labute approximate surface area is 206 Å². The summed E-state index contributed by atoms with van der Waals surface area (Å²) in [5, 5.41) is 8.95. The molecule has 0 aliphatic carbocycles. The van der Waals surface area contributed by atoms with E-state index in [-0.39, 0.29) is 12.4 Å². The van der Waals surface area contributed by atoms with Gasteiger partial charge in [0.05, 0.1) is 6.54 Å². The number of furan rings is 1. The van der Waals surface area contributed by atoms with Gasteiger partial charge in [0, 0.05) is 32.4 Å². The zero-order valence-corrected chi connectivity index (χ0v) is 20.1. The van der Waals surface area contributed by atoms with Gasteiger partial charge in [0.15, 0.2) is 11.6 Å². The van der Waals surface area contributed by atoms with Gasteiger partial charge in [-0.3, -0.25) is 9.48 Å². The molecule has 1 amide bonds. The molecule has 0 unspecified atom stereocenters. The Morgan fingerprint density at radius 2 is 1.82 bits per heavy atom. The van der Waals surface area contributed by atoms with E-state index in [0.29, 0.717) is 38.9 Å². The van der Waals surface area contributed by atoms with Crippen molar-refractivity contribution in [2.45, 2.75) is 27.0 Å². The Kier molecular flexibility index (Phi) is 6.98. The summed E-state index contributed by atoms with van der Waals surface area (Å²) in [5.41, 5.74) is 2.51. The summed E-state index contributed by atoms with van der Waals surface area (Å²) in [5.74, 6) is 1.35. The van der Waals surface area contributed by atoms with Gasteiger partial charge in [-0.2, -0.15) is 5.10 Å². The monoisotopic (exact) mass is 503 g/mol. The third kappa shape index (κ3) is 5.53. The van der Waals surface area contributed by atoms with Gasteiger partial charge in [-0.1, -0.05) is 40.9 Å². The van der Waals surface area contributed by atoms with Gasteiger partial charge in [-0.15, -0.1) is 0 Å². The summed E-state index contributed by atoms with van der Waals surface area (Å²) in [4.78, 5) is 12.6. The van der Waals surface area contributed by atoms with Gasteiger partial charge in [-0.25, -0.2) is 0 Å². The number of aryl methyl sites for hydroxylation is 2. The lowest BCUT2D eigenvalue weighted by molar-refractivity contribution is 0.0992. The van der Waals surface area contributed by atoms with Gasteiger partial charge in [0.1, 0.15) is 18.1 Å². The Hall–Kier alpha value is -2.93. The van der Waals surface area contributed by atoms with E-state index >= 15 is 0 Å². The Morgan fingerprint density at radius 3 is 2.55 bits per heavy atom. The average Bonchev–Trinajstić information content (AvgIpc) is 3.37. The molecule has 0 spiro atoms. The van der Waals surface area contributed by atoms with Crippen molar-refractivity contribution in [1.29, 1.82) is 0 Å². The Morgan fingerprint density at radius 1 is 1.06 bits per heavy atom. The summed E-state index contributed by atoms with van der Waals surface area (Å²) >= 11 is 18.5. The van der Waals surface area contributed by atoms with Crippen molar-refractivity contribution in [3.63, 3.8) is 0 Å². The number of rotatable bonds is 7. The minimum Gasteiger partial charge on any atom is -0.485 e. The number of hydrogen-bond donors (Lipinski definition) is 1. The van der Waals surface area contributed by atoms with Crippen LogP contribution in [0.25, 0.3) is 0 Å². The van der Waals surface area contributed by atoms with Crippen LogP contribution in [0.2, 0.25) is 15.1 Å². The minimum atomic E-state index is -0.413. The lowest BCUT2D eigenvalue weighted by atomic mass is 10.2. The molecule has 0 aliphatic heterocycles. The van der Waals surface area contributed by atoms with Crippen molar-refractivity contribution >= 4 is 46.5 Å². The van der Waals surface area contributed by atoms with Crippen LogP contribution in [0.3, 0.4) is 0 Å². The number of halogens is 3. The largest absolute Gasteiger partial charge is 0.485 e. The average molecular weight is 505 g/mol. The summed E-state index contributed by atoms with van der Waals surface area (Å²) in [6.45, 7) is 4.35. The minimum absolute atomic E-state index is 0.155. The molecule has 0 bridgehead atoms. The molecule has 0 atom stereocenters. The fourth-order valence-corrected chi connectivity index (χ4v) is 3.99. The number of amides is 1. The molecular weight excluding hydrogens is 485 g/mol. The second-order valence-corrected chi connectivity index (χ2v) is 8.70. The molecule has 0 saturated carbocycles. The second-order valence-electron chi connectivity index (χ2n) is 7.45. The van der Waals surface area contributed by atoms with Gasteiger partial charge >= 0.3 is 0 Å². The van der Waals surface area contributed by atoms with Gasteiger partial charge < -0.3 is 14.5 Å². The summed E-state index contributed by atoms with van der Waals surface area (Å²) in [6, 6.07) is 15.8. The number of nitrogens with zero attached hydrogens (tertiary/aromatic N) is 2. The second kappa shape index (κ2) is 9.91. The number of anilines is 1. The Bertz CT molecular complexity index is 1290. The number of hydrogen-bond acceptors (Lipinski definition) is 4. The van der Waals surface area contributed by atoms with Crippen molar-refractivity contribution in [3.8, 4) is 5.75 Å². The van der Waals surface area contributed by atoms with E-state index in [9.17, 15) is 4.79 Å². The first-order chi connectivity index (χ1) is 15.8. The van der Waals surface area contributed by atoms with Crippen LogP contribution in [-0.4, -0.2) is 15.7 Å². The highest BCUT2D eigenvalue weighted by atomic mass is 35.5. The topological polar surface area (TPSA) is 69.3 Å². The third-order valence-corrected chi connectivity index (χ3v) is 5.93. The van der Waals surface area contributed by atoms with Crippen LogP contribution < -0.4 is 10.1 Å². The number of nitrogens with one attached hydrogen (secondary N) is 1. The number of benzene rings is 2. The fourth-order valence-electron chi connectivity index (χ4n) is 3.24. The normalized spacial score (nSPS) is 10.9. The molecule has 2 aromatic carbocycles. The summed E-state index contributed by atoms with van der Waals surface area (Å²) in [7, 11) is 0. The van der Waals surface area contributed by atoms with Crippen molar-refractivity contribution in [3.05, 3.63) is 98.0 Å². The lowest BCUT2D eigenvalue weighted by Crippen LogP contribution is -2.12. The fraction of sp³-hybridized carbons (Fsp3) is 0.167. The van der Waals surface area contributed by atoms with E-state index in [4.69, 9.17) is 44.0 Å². The van der Waals surface area contributed by atoms with Crippen LogP contribution in [0.5, 0.6) is 5.75 Å². The van der Waals surface area contributed by atoms with Crippen LogP contribution in [0.4, 0.5) is 5.82 Å². The highest BCUT2D eigenvalue weighted by molar-refractivity contribution is 6.36. The predicted molar refractivity (Wildman–Crippen MR) is 130 cm³/mol. The molecule has 1 N–H and O–H groups in total. The number of ether oxygens (including phenoxy) is 1. The highest BCUT2D eigenvalue weighted by Crippen LogP contribution is 2.26. The first kappa shape index (κ1) is 23.2. The van der Waals surface area contributed by atoms with Crippen LogP contribution in [0.15, 0.2) is 59.0 Å². The molecule has 0 aliphatic rings. The molecule has 0 radical (unpaired) electrons. The summed E-state index contributed by atoms with van der Waals surface area (Å²) < 4.78 is 13.1. The molecule has 0 fully saturated rings. The zero-order chi connectivity index (χ0) is 23.5. The quantitative estimate of drug-likeness (QED) is 0.296. The molecule has 0 saturated heterocycles. The van der Waals surface area contributed by atoms with E-state index in [2.05, 4.69) is 10.4 Å². The standard InChI is InChI=1S/C24H20Cl3N3O3/c1-14-10-16(25)6-8-21(14)32-13-17-7-9-22(33-17)24(31)28-23-11-15(2)30(29-23)12-18-19(26)4-3-5-20(18)27/h3-11H,12-13H2,1-2H3,(H,28,29,31). The van der Waals surface area contributed by atoms with Crippen molar-refractivity contribution in [2.75, 3.05) is 5.32 Å². The first-order valence-corrected chi connectivity index (χ1v) is 11.2. The molecule has 2 heterocycles. The van der Waals surface area contributed by atoms with Crippen LogP contribution in [0.1, 0.15) is 33.1 Å². The third-order valence-electron chi connectivity index (χ3n) is 4.98. The van der Waals surface area contributed by atoms with Crippen molar-refractivity contribution in [1.82, 2.24) is 9.78 Å². The van der Waals surface area contributed by atoms with Crippen LogP contribution in [0, 0.1) is 13.8 Å². The number of carbonyl (C=O) groups is 1. The van der Waals surface area contributed by atoms with Crippen LogP contribution in [-0.2, 0) is 13.2 Å². The molecule has 4 aromatic rings. The van der Waals surface area contributed by atoms with E-state index in [1.54, 1.807) is 53.2 Å². The van der Waals surface area contributed by atoms with E-state index in [1.165, 1.54) is 0 Å². The Balaban J connectivity index is 1.40. The number of aromatic nitrogens is 2. The highest BCUT2D eigenvalue weighted by Gasteiger charge is 2.16. The predicted octanol–water partition coefficient (Wildman–Crippen LogP) is 6.93. The van der Waals surface area contributed by atoms with E-state index in [1.807, 2.05) is 19.9 Å². The van der Waals surface area contributed by atoms with Gasteiger partial charge in [0.25, 0.3) is 5.91 Å². The molecule has 170 valence electrons. The summed E-state index contributed by atoms with van der Waals surface area (Å²) in [6.07, 6.45) is 0. The maximum Gasteiger partial charge on any atom is 0.292 e. The first-order valence-electron chi connectivity index (χ1n) is 10.1. The molecule has 6 nitrogen and oxygen atoms in total. The molecular formula is C24H20Cl3N3O3. The van der Waals surface area contributed by atoms with Gasteiger partial charge in [-0.05, 0) is 61.9 Å². The lowest BCUT2D eigenvalue weighted by Gasteiger charge is -2.08. The van der Waals surface area contributed by atoms with Crippen molar-refractivity contribution < 1.29 is 13.9 Å². The zero-order valence-electron chi connectivity index (χ0n) is 17.9. The van der Waals surface area contributed by atoms with E-state index in [0.717, 1.165) is 16.8 Å². The maximum absolute atomic E-state index is 12.6. The SMILES string of the molecule is Cc1cc(Cl)ccc1OCc1ccc(C(=O)Nc2cc(C)n(Cc3c(Cl)cccc3Cl)n2)o1. The molecule has 33 heavy (non-hydrogen) atoms. The molecule has 9 heteroatoms. The van der Waals surface area contributed by atoms with Gasteiger partial charge in [0.2, 0.25) is 0 Å². The van der Waals surface area contributed by atoms with E-state index < -0.39 is 5.91 Å². The molecule has 2 aromatic heterocycles. The van der Waals surface area contributed by atoms with Crippen LogP contribution >= 0.6 is 34.8 Å². The number of carbonyl (C=O) groups excluding carboxylic acids is 1.